The number of aromatic nitrogens is 4. The monoisotopic (exact) mass is 296 g/mol. The molecular weight excluding hydrogens is 284 g/mol. The summed E-state index contributed by atoms with van der Waals surface area (Å²) in [5.74, 6) is 6.23. The van der Waals surface area contributed by atoms with Crippen LogP contribution in [0.15, 0.2) is 28.7 Å². The maximum Gasteiger partial charge on any atom is 0.176 e. The molecule has 2 rings (SSSR count). The Morgan fingerprint density at radius 1 is 1.47 bits per heavy atom. The normalized spacial score (nSPS) is 12.6. The summed E-state index contributed by atoms with van der Waals surface area (Å²) in [5.41, 5.74) is 3.84. The van der Waals surface area contributed by atoms with Gasteiger partial charge in [-0.05, 0) is 16.8 Å². The highest BCUT2D eigenvalue weighted by Gasteiger charge is 2.15. The first kappa shape index (κ1) is 12.2. The second-order valence-corrected chi connectivity index (χ2v) is 4.49. The number of tetrazole rings is 1. The Labute approximate surface area is 107 Å². The number of rotatable bonds is 4. The van der Waals surface area contributed by atoms with Crippen molar-refractivity contribution in [2.75, 3.05) is 0 Å². The van der Waals surface area contributed by atoms with Gasteiger partial charge in [-0.15, -0.1) is 10.2 Å². The van der Waals surface area contributed by atoms with Crippen molar-refractivity contribution in [2.45, 2.75) is 12.5 Å². The zero-order valence-electron chi connectivity index (χ0n) is 9.34. The average Bonchev–Trinajstić information content (AvgIpc) is 2.73. The van der Waals surface area contributed by atoms with Crippen molar-refractivity contribution in [3.63, 3.8) is 0 Å². The molecule has 0 radical (unpaired) electrons. The minimum absolute atomic E-state index is 0.0465. The largest absolute Gasteiger partial charge is 0.271 e. The topological polar surface area (TPSA) is 81.7 Å². The fourth-order valence-electron chi connectivity index (χ4n) is 1.60. The highest BCUT2D eigenvalue weighted by atomic mass is 79.9. The van der Waals surface area contributed by atoms with E-state index in [1.165, 1.54) is 4.80 Å². The number of hydrogen-bond donors (Lipinski definition) is 2. The van der Waals surface area contributed by atoms with E-state index in [0.29, 0.717) is 12.2 Å². The highest BCUT2D eigenvalue weighted by Crippen LogP contribution is 2.24. The molecule has 1 unspecified atom stereocenters. The van der Waals surface area contributed by atoms with Crippen LogP contribution in [0.2, 0.25) is 0 Å². The Balaban J connectivity index is 2.20. The molecule has 0 aliphatic heterocycles. The summed E-state index contributed by atoms with van der Waals surface area (Å²) in [6, 6.07) is 7.86. The minimum atomic E-state index is -0.0465. The number of hydrazine groups is 1. The number of hydrogen-bond acceptors (Lipinski definition) is 5. The summed E-state index contributed by atoms with van der Waals surface area (Å²) in [7, 11) is 1.74. The molecule has 0 spiro atoms. The van der Waals surface area contributed by atoms with Gasteiger partial charge in [0.15, 0.2) is 5.82 Å². The molecule has 1 aromatic heterocycles. The summed E-state index contributed by atoms with van der Waals surface area (Å²) in [4.78, 5) is 1.43. The molecule has 6 nitrogen and oxygen atoms in total. The van der Waals surface area contributed by atoms with Crippen molar-refractivity contribution in [3.05, 3.63) is 40.1 Å². The molecule has 1 aromatic carbocycles. The Hall–Kier alpha value is -1.31. The standard InChI is InChI=1S/C10H13BrN6/c1-17-15-10(14-16-17)6-9(13-12)7-4-2-3-5-8(7)11/h2-5,9,13H,6,12H2,1H3. The van der Waals surface area contributed by atoms with Crippen LogP contribution in [0.1, 0.15) is 17.4 Å². The van der Waals surface area contributed by atoms with E-state index >= 15 is 0 Å². The molecule has 2 aromatic rings. The van der Waals surface area contributed by atoms with Crippen LogP contribution in [0.25, 0.3) is 0 Å². The molecule has 0 bridgehead atoms. The van der Waals surface area contributed by atoms with Crippen molar-refractivity contribution in [2.24, 2.45) is 12.9 Å². The lowest BCUT2D eigenvalue weighted by Crippen LogP contribution is -2.30. The molecule has 3 N–H and O–H groups in total. The molecule has 0 amide bonds. The molecule has 0 saturated carbocycles. The zero-order valence-corrected chi connectivity index (χ0v) is 10.9. The third kappa shape index (κ3) is 2.87. The van der Waals surface area contributed by atoms with Gasteiger partial charge in [0, 0.05) is 10.9 Å². The average molecular weight is 297 g/mol. The van der Waals surface area contributed by atoms with Crippen LogP contribution in [-0.4, -0.2) is 20.2 Å². The van der Waals surface area contributed by atoms with E-state index in [9.17, 15) is 0 Å². The second-order valence-electron chi connectivity index (χ2n) is 3.64. The maximum atomic E-state index is 5.57. The van der Waals surface area contributed by atoms with E-state index in [1.54, 1.807) is 7.05 Å². The number of nitrogens with two attached hydrogens (primary N) is 1. The quantitative estimate of drug-likeness (QED) is 0.642. The Kier molecular flexibility index (Phi) is 3.82. The lowest BCUT2D eigenvalue weighted by molar-refractivity contribution is 0.534. The van der Waals surface area contributed by atoms with E-state index in [4.69, 9.17) is 5.84 Å². The Bertz CT molecular complexity index is 497. The molecule has 17 heavy (non-hydrogen) atoms. The van der Waals surface area contributed by atoms with Gasteiger partial charge in [0.1, 0.15) is 0 Å². The molecular formula is C10H13BrN6. The first-order valence-electron chi connectivity index (χ1n) is 5.14. The van der Waals surface area contributed by atoms with Crippen molar-refractivity contribution >= 4 is 15.9 Å². The van der Waals surface area contributed by atoms with Gasteiger partial charge in [0.2, 0.25) is 0 Å². The van der Waals surface area contributed by atoms with Gasteiger partial charge in [-0.2, -0.15) is 4.80 Å². The zero-order chi connectivity index (χ0) is 12.3. The first-order chi connectivity index (χ1) is 8.20. The summed E-state index contributed by atoms with van der Waals surface area (Å²) < 4.78 is 1.01. The van der Waals surface area contributed by atoms with Crippen molar-refractivity contribution in [1.82, 2.24) is 25.6 Å². The molecule has 0 aliphatic carbocycles. The molecule has 0 saturated heterocycles. The Morgan fingerprint density at radius 2 is 2.24 bits per heavy atom. The van der Waals surface area contributed by atoms with E-state index in [-0.39, 0.29) is 6.04 Å². The first-order valence-corrected chi connectivity index (χ1v) is 5.93. The van der Waals surface area contributed by atoms with E-state index in [0.717, 1.165) is 10.0 Å². The van der Waals surface area contributed by atoms with Crippen LogP contribution in [0, 0.1) is 0 Å². The Morgan fingerprint density at radius 3 is 2.82 bits per heavy atom. The predicted molar refractivity (Wildman–Crippen MR) is 66.7 cm³/mol. The van der Waals surface area contributed by atoms with Crippen LogP contribution < -0.4 is 11.3 Å². The van der Waals surface area contributed by atoms with Crippen molar-refractivity contribution < 1.29 is 0 Å². The third-order valence-electron chi connectivity index (χ3n) is 2.42. The highest BCUT2D eigenvalue weighted by molar-refractivity contribution is 9.10. The van der Waals surface area contributed by atoms with Gasteiger partial charge in [-0.25, -0.2) is 0 Å². The maximum absolute atomic E-state index is 5.57. The van der Waals surface area contributed by atoms with Crippen molar-refractivity contribution in [3.8, 4) is 0 Å². The van der Waals surface area contributed by atoms with Crippen LogP contribution in [0.4, 0.5) is 0 Å². The number of nitrogens with one attached hydrogen (secondary N) is 1. The summed E-state index contributed by atoms with van der Waals surface area (Å²) in [5, 5.41) is 11.9. The van der Waals surface area contributed by atoms with Gasteiger partial charge in [-0.1, -0.05) is 34.1 Å². The summed E-state index contributed by atoms with van der Waals surface area (Å²) in [6.45, 7) is 0. The summed E-state index contributed by atoms with van der Waals surface area (Å²) >= 11 is 3.50. The number of aryl methyl sites for hydroxylation is 1. The third-order valence-corrected chi connectivity index (χ3v) is 3.14. The smallest absolute Gasteiger partial charge is 0.176 e. The number of benzene rings is 1. The van der Waals surface area contributed by atoms with Crippen molar-refractivity contribution in [1.29, 1.82) is 0 Å². The predicted octanol–water partition coefficient (Wildman–Crippen LogP) is 0.720. The number of halogens is 1. The second kappa shape index (κ2) is 5.35. The van der Waals surface area contributed by atoms with Gasteiger partial charge in [-0.3, -0.25) is 11.3 Å². The van der Waals surface area contributed by atoms with Crippen LogP contribution in [0.3, 0.4) is 0 Å². The van der Waals surface area contributed by atoms with Gasteiger partial charge in [0.25, 0.3) is 0 Å². The SMILES string of the molecule is Cn1nnc(CC(NN)c2ccccc2Br)n1. The van der Waals surface area contributed by atoms with Crippen LogP contribution in [0.5, 0.6) is 0 Å². The van der Waals surface area contributed by atoms with Gasteiger partial charge < -0.3 is 0 Å². The molecule has 7 heteroatoms. The summed E-state index contributed by atoms with van der Waals surface area (Å²) in [6.07, 6.45) is 0.590. The number of nitrogens with zero attached hydrogens (tertiary/aromatic N) is 4. The van der Waals surface area contributed by atoms with E-state index in [1.807, 2.05) is 24.3 Å². The van der Waals surface area contributed by atoms with E-state index < -0.39 is 0 Å². The molecule has 1 heterocycles. The molecule has 0 aliphatic rings. The minimum Gasteiger partial charge on any atom is -0.271 e. The molecule has 0 fully saturated rings. The lowest BCUT2D eigenvalue weighted by Gasteiger charge is -2.15. The lowest BCUT2D eigenvalue weighted by atomic mass is 10.0. The van der Waals surface area contributed by atoms with Crippen LogP contribution >= 0.6 is 15.9 Å². The van der Waals surface area contributed by atoms with E-state index in [2.05, 4.69) is 36.8 Å². The molecule has 1 atom stereocenters. The fourth-order valence-corrected chi connectivity index (χ4v) is 2.17. The van der Waals surface area contributed by atoms with Gasteiger partial charge >= 0.3 is 0 Å². The van der Waals surface area contributed by atoms with Gasteiger partial charge in [0.05, 0.1) is 13.1 Å². The fraction of sp³-hybridized carbons (Fsp3) is 0.300. The molecule has 90 valence electrons. The van der Waals surface area contributed by atoms with Crippen LogP contribution in [-0.2, 0) is 13.5 Å².